The van der Waals surface area contributed by atoms with Crippen LogP contribution in [0.5, 0.6) is 0 Å². The maximum Gasteiger partial charge on any atom is 0.283 e. The molecule has 9 heteroatoms. The van der Waals surface area contributed by atoms with Crippen LogP contribution < -0.4 is 4.90 Å². The maximum atomic E-state index is 11.6. The Labute approximate surface area is 186 Å². The van der Waals surface area contributed by atoms with Crippen LogP contribution in [0.3, 0.4) is 0 Å². The molecular weight excluding hydrogens is 432 g/mol. The number of anilines is 1. The van der Waals surface area contributed by atoms with Crippen molar-refractivity contribution in [2.24, 2.45) is 0 Å². The SMILES string of the molecule is O=[N+]([O-])c1ccccc1Sc1sc2ncnc(N3CCOCC3)c2c1-c1ccccc1. The zero-order valence-corrected chi connectivity index (χ0v) is 18.1. The average Bonchev–Trinajstić information content (AvgIpc) is 3.18. The van der Waals surface area contributed by atoms with E-state index in [0.717, 1.165) is 44.5 Å². The second-order valence-corrected chi connectivity index (χ2v) is 9.24. The summed E-state index contributed by atoms with van der Waals surface area (Å²) in [7, 11) is 0. The molecule has 7 nitrogen and oxygen atoms in total. The van der Waals surface area contributed by atoms with Crippen LogP contribution in [0.1, 0.15) is 0 Å². The van der Waals surface area contributed by atoms with Crippen molar-refractivity contribution in [1.82, 2.24) is 9.97 Å². The fourth-order valence-electron chi connectivity index (χ4n) is 3.65. The van der Waals surface area contributed by atoms with E-state index in [4.69, 9.17) is 4.74 Å². The van der Waals surface area contributed by atoms with Crippen LogP contribution >= 0.6 is 23.1 Å². The lowest BCUT2D eigenvalue weighted by Gasteiger charge is -2.28. The molecule has 1 aliphatic rings. The van der Waals surface area contributed by atoms with Crippen molar-refractivity contribution in [3.8, 4) is 11.1 Å². The van der Waals surface area contributed by atoms with Crippen LogP contribution in [0.2, 0.25) is 0 Å². The van der Waals surface area contributed by atoms with Crippen molar-refractivity contribution in [3.05, 3.63) is 71.0 Å². The molecule has 31 heavy (non-hydrogen) atoms. The summed E-state index contributed by atoms with van der Waals surface area (Å²) in [6.45, 7) is 2.86. The molecule has 0 spiro atoms. The molecule has 2 aromatic heterocycles. The monoisotopic (exact) mass is 450 g/mol. The summed E-state index contributed by atoms with van der Waals surface area (Å²) in [5.74, 6) is 0.887. The van der Waals surface area contributed by atoms with Crippen molar-refractivity contribution >= 4 is 44.8 Å². The Bertz CT molecular complexity index is 1240. The van der Waals surface area contributed by atoms with Gasteiger partial charge in [-0.15, -0.1) is 11.3 Å². The molecule has 0 bridgehead atoms. The van der Waals surface area contributed by atoms with E-state index in [9.17, 15) is 10.1 Å². The lowest BCUT2D eigenvalue weighted by atomic mass is 10.1. The predicted octanol–water partition coefficient (Wildman–Crippen LogP) is 5.25. The van der Waals surface area contributed by atoms with Gasteiger partial charge in [0, 0.05) is 24.7 Å². The fraction of sp³-hybridized carbons (Fsp3) is 0.182. The lowest BCUT2D eigenvalue weighted by molar-refractivity contribution is -0.387. The second-order valence-electron chi connectivity index (χ2n) is 6.93. The molecule has 5 rings (SSSR count). The van der Waals surface area contributed by atoms with Gasteiger partial charge in [0.2, 0.25) is 0 Å². The highest BCUT2D eigenvalue weighted by atomic mass is 32.2. The Morgan fingerprint density at radius 3 is 2.55 bits per heavy atom. The first kappa shape index (κ1) is 19.9. The number of ether oxygens (including phenoxy) is 1. The van der Waals surface area contributed by atoms with Gasteiger partial charge in [-0.25, -0.2) is 9.97 Å². The van der Waals surface area contributed by atoms with Crippen molar-refractivity contribution in [2.75, 3.05) is 31.2 Å². The molecule has 0 atom stereocenters. The van der Waals surface area contributed by atoms with E-state index in [1.807, 2.05) is 24.3 Å². The third-order valence-electron chi connectivity index (χ3n) is 5.07. The summed E-state index contributed by atoms with van der Waals surface area (Å²) in [5.41, 5.74) is 2.16. The van der Waals surface area contributed by atoms with Gasteiger partial charge in [-0.3, -0.25) is 10.1 Å². The minimum atomic E-state index is -0.336. The van der Waals surface area contributed by atoms with Crippen LogP contribution in [0.4, 0.5) is 11.5 Å². The number of nitro benzene ring substituents is 1. The quantitative estimate of drug-likeness (QED) is 0.303. The first-order chi connectivity index (χ1) is 15.2. The Morgan fingerprint density at radius 1 is 1.03 bits per heavy atom. The van der Waals surface area contributed by atoms with E-state index in [1.165, 1.54) is 17.8 Å². The van der Waals surface area contributed by atoms with Crippen molar-refractivity contribution in [3.63, 3.8) is 0 Å². The van der Waals surface area contributed by atoms with Gasteiger partial charge < -0.3 is 9.64 Å². The largest absolute Gasteiger partial charge is 0.378 e. The molecule has 1 aliphatic heterocycles. The normalized spacial score (nSPS) is 14.1. The number of benzene rings is 2. The minimum absolute atomic E-state index is 0.100. The number of hydrogen-bond acceptors (Lipinski definition) is 8. The Kier molecular flexibility index (Phi) is 5.54. The van der Waals surface area contributed by atoms with E-state index < -0.39 is 0 Å². The van der Waals surface area contributed by atoms with Crippen LogP contribution in [0.15, 0.2) is 70.0 Å². The molecule has 0 radical (unpaired) electrons. The van der Waals surface area contributed by atoms with Crippen LogP contribution in [-0.4, -0.2) is 41.2 Å². The first-order valence-electron chi connectivity index (χ1n) is 9.79. The number of morpholine rings is 1. The van der Waals surface area contributed by atoms with Gasteiger partial charge in [-0.05, 0) is 11.6 Å². The molecular formula is C22H18N4O3S2. The highest BCUT2D eigenvalue weighted by Gasteiger charge is 2.25. The standard InChI is InChI=1S/C22H18N4O3S2/c27-26(28)16-8-4-5-9-17(16)30-22-18(15-6-2-1-3-7-15)19-20(23-14-24-21(19)31-22)25-10-12-29-13-11-25/h1-9,14H,10-13H2. The summed E-state index contributed by atoms with van der Waals surface area (Å²) < 4.78 is 6.48. The molecule has 0 aliphatic carbocycles. The number of para-hydroxylation sites is 1. The third-order valence-corrected chi connectivity index (χ3v) is 7.42. The summed E-state index contributed by atoms with van der Waals surface area (Å²) in [6, 6.07) is 16.9. The first-order valence-corrected chi connectivity index (χ1v) is 11.4. The molecule has 0 amide bonds. The van der Waals surface area contributed by atoms with E-state index in [1.54, 1.807) is 29.8 Å². The number of hydrogen-bond donors (Lipinski definition) is 0. The zero-order chi connectivity index (χ0) is 21.2. The van der Waals surface area contributed by atoms with Gasteiger partial charge in [0.25, 0.3) is 5.69 Å². The third kappa shape index (κ3) is 3.87. The van der Waals surface area contributed by atoms with Gasteiger partial charge >= 0.3 is 0 Å². The van der Waals surface area contributed by atoms with Gasteiger partial charge in [0.05, 0.1) is 32.6 Å². The maximum absolute atomic E-state index is 11.6. The predicted molar refractivity (Wildman–Crippen MR) is 123 cm³/mol. The van der Waals surface area contributed by atoms with E-state index >= 15 is 0 Å². The van der Waals surface area contributed by atoms with E-state index in [-0.39, 0.29) is 10.6 Å². The molecule has 2 aromatic carbocycles. The molecule has 1 saturated heterocycles. The van der Waals surface area contributed by atoms with Gasteiger partial charge in [0.1, 0.15) is 17.0 Å². The Hall–Kier alpha value is -3.01. The van der Waals surface area contributed by atoms with Gasteiger partial charge in [-0.1, -0.05) is 54.2 Å². The number of rotatable bonds is 5. The molecule has 1 fully saturated rings. The molecule has 3 heterocycles. The lowest BCUT2D eigenvalue weighted by Crippen LogP contribution is -2.36. The summed E-state index contributed by atoms with van der Waals surface area (Å²) in [4.78, 5) is 24.1. The second kappa shape index (κ2) is 8.62. The smallest absolute Gasteiger partial charge is 0.283 e. The number of nitrogens with zero attached hydrogens (tertiary/aromatic N) is 4. The van der Waals surface area contributed by atoms with Gasteiger partial charge in [0.15, 0.2) is 0 Å². The molecule has 0 saturated carbocycles. The van der Waals surface area contributed by atoms with Crippen LogP contribution in [0.25, 0.3) is 21.3 Å². The molecule has 4 aromatic rings. The molecule has 156 valence electrons. The van der Waals surface area contributed by atoms with Crippen molar-refractivity contribution in [2.45, 2.75) is 9.10 Å². The molecule has 0 unspecified atom stereocenters. The highest BCUT2D eigenvalue weighted by molar-refractivity contribution is 8.01. The van der Waals surface area contributed by atoms with Gasteiger partial charge in [-0.2, -0.15) is 0 Å². The minimum Gasteiger partial charge on any atom is -0.378 e. The van der Waals surface area contributed by atoms with E-state index in [0.29, 0.717) is 18.1 Å². The van der Waals surface area contributed by atoms with Crippen LogP contribution in [0, 0.1) is 10.1 Å². The zero-order valence-electron chi connectivity index (χ0n) is 16.4. The Balaban J connectivity index is 1.71. The number of aromatic nitrogens is 2. The fourth-order valence-corrected chi connectivity index (χ4v) is 6.13. The van der Waals surface area contributed by atoms with Crippen LogP contribution in [-0.2, 0) is 4.74 Å². The number of fused-ring (bicyclic) bond motifs is 1. The summed E-state index contributed by atoms with van der Waals surface area (Å²) >= 11 is 2.95. The molecule has 0 N–H and O–H groups in total. The summed E-state index contributed by atoms with van der Waals surface area (Å²) in [5, 5.41) is 12.5. The topological polar surface area (TPSA) is 81.4 Å². The Morgan fingerprint density at radius 2 is 1.77 bits per heavy atom. The highest BCUT2D eigenvalue weighted by Crippen LogP contribution is 2.49. The van der Waals surface area contributed by atoms with E-state index in [2.05, 4.69) is 27.0 Å². The number of nitro groups is 1. The summed E-state index contributed by atoms with van der Waals surface area (Å²) in [6.07, 6.45) is 1.60. The van der Waals surface area contributed by atoms with Crippen molar-refractivity contribution in [1.29, 1.82) is 0 Å². The number of thiophene rings is 1. The average molecular weight is 451 g/mol. The van der Waals surface area contributed by atoms with Crippen molar-refractivity contribution < 1.29 is 9.66 Å².